The van der Waals surface area contributed by atoms with Gasteiger partial charge in [-0.25, -0.2) is 0 Å². The molecule has 0 spiro atoms. The molecule has 1 aliphatic rings. The zero-order valence-corrected chi connectivity index (χ0v) is 23.4. The normalized spacial score (nSPS) is 14.2. The number of para-hydroxylation sites is 2. The van der Waals surface area contributed by atoms with E-state index in [9.17, 15) is 9.59 Å². The van der Waals surface area contributed by atoms with Crippen LogP contribution in [0.15, 0.2) is 42.5 Å². The Morgan fingerprint density at radius 3 is 2.32 bits per heavy atom. The first-order valence-electron chi connectivity index (χ1n) is 13.9. The predicted octanol–water partition coefficient (Wildman–Crippen LogP) is 4.94. The van der Waals surface area contributed by atoms with E-state index >= 15 is 0 Å². The molecule has 0 radical (unpaired) electrons. The Kier molecular flexibility index (Phi) is 11.7. The van der Waals surface area contributed by atoms with Gasteiger partial charge in [-0.15, -0.1) is 0 Å². The Morgan fingerprint density at radius 2 is 1.66 bits per heavy atom. The number of hydrogen-bond acceptors (Lipinski definition) is 6. The number of rotatable bonds is 14. The summed E-state index contributed by atoms with van der Waals surface area (Å²) >= 11 is 0. The lowest BCUT2D eigenvalue weighted by molar-refractivity contribution is -0.120. The lowest BCUT2D eigenvalue weighted by Gasteiger charge is -2.38. The Morgan fingerprint density at radius 1 is 0.947 bits per heavy atom. The highest BCUT2D eigenvalue weighted by Crippen LogP contribution is 2.31. The van der Waals surface area contributed by atoms with Gasteiger partial charge in [-0.1, -0.05) is 38.8 Å². The Hall–Kier alpha value is -3.26. The van der Waals surface area contributed by atoms with E-state index in [4.69, 9.17) is 9.47 Å². The number of nitrogens with zero attached hydrogens (tertiary/aromatic N) is 2. The number of nitrogens with one attached hydrogen (secondary N) is 2. The van der Waals surface area contributed by atoms with E-state index in [0.29, 0.717) is 24.4 Å². The van der Waals surface area contributed by atoms with Crippen LogP contribution < -0.4 is 25.2 Å². The molecule has 38 heavy (non-hydrogen) atoms. The molecule has 2 amide bonds. The van der Waals surface area contributed by atoms with E-state index in [0.717, 1.165) is 75.4 Å². The maximum atomic E-state index is 13.3. The fourth-order valence-corrected chi connectivity index (χ4v) is 4.88. The minimum absolute atomic E-state index is 0.0191. The number of amides is 2. The minimum Gasteiger partial charge on any atom is -0.495 e. The summed E-state index contributed by atoms with van der Waals surface area (Å²) in [6, 6.07) is 13.7. The number of hydrogen-bond donors (Lipinski definition) is 2. The van der Waals surface area contributed by atoms with Gasteiger partial charge in [0.15, 0.2) is 0 Å². The number of carbonyl (C=O) groups is 2. The van der Waals surface area contributed by atoms with Crippen LogP contribution in [0, 0.1) is 5.92 Å². The minimum atomic E-state index is -0.141. The first kappa shape index (κ1) is 29.3. The second-order valence-electron chi connectivity index (χ2n) is 9.72. The summed E-state index contributed by atoms with van der Waals surface area (Å²) in [5.41, 5.74) is 3.19. The van der Waals surface area contributed by atoms with Gasteiger partial charge in [0.25, 0.3) is 5.91 Å². The predicted molar refractivity (Wildman–Crippen MR) is 155 cm³/mol. The quantitative estimate of drug-likeness (QED) is 0.341. The van der Waals surface area contributed by atoms with Crippen molar-refractivity contribution in [3.8, 4) is 5.75 Å². The highest BCUT2D eigenvalue weighted by atomic mass is 16.5. The summed E-state index contributed by atoms with van der Waals surface area (Å²) in [5.74, 6) is 0.716. The largest absolute Gasteiger partial charge is 0.495 e. The highest BCUT2D eigenvalue weighted by molar-refractivity contribution is 6.02. The average molecular weight is 525 g/mol. The highest BCUT2D eigenvalue weighted by Gasteiger charge is 2.24. The van der Waals surface area contributed by atoms with Crippen molar-refractivity contribution in [1.29, 1.82) is 0 Å². The van der Waals surface area contributed by atoms with E-state index in [1.54, 1.807) is 14.2 Å². The monoisotopic (exact) mass is 524 g/mol. The molecular weight excluding hydrogens is 480 g/mol. The first-order chi connectivity index (χ1) is 18.5. The van der Waals surface area contributed by atoms with E-state index in [2.05, 4.69) is 33.4 Å². The summed E-state index contributed by atoms with van der Waals surface area (Å²) in [6.45, 7) is 8.45. The Balaban J connectivity index is 1.77. The van der Waals surface area contributed by atoms with Crippen LogP contribution in [0.2, 0.25) is 0 Å². The number of benzene rings is 2. The van der Waals surface area contributed by atoms with Gasteiger partial charge in [0.2, 0.25) is 5.91 Å². The number of unbranched alkanes of at least 4 members (excludes halogenated alkanes) is 1. The molecule has 1 aliphatic heterocycles. The molecule has 2 N–H and O–H groups in total. The topological polar surface area (TPSA) is 83.1 Å². The summed E-state index contributed by atoms with van der Waals surface area (Å²) in [7, 11) is 3.35. The van der Waals surface area contributed by atoms with Crippen LogP contribution in [-0.4, -0.2) is 65.4 Å². The van der Waals surface area contributed by atoms with Gasteiger partial charge >= 0.3 is 0 Å². The number of methoxy groups -OCH3 is 2. The molecule has 208 valence electrons. The van der Waals surface area contributed by atoms with E-state index in [-0.39, 0.29) is 17.7 Å². The van der Waals surface area contributed by atoms with Crippen molar-refractivity contribution >= 4 is 28.9 Å². The van der Waals surface area contributed by atoms with Gasteiger partial charge in [0.1, 0.15) is 5.75 Å². The molecule has 8 heteroatoms. The van der Waals surface area contributed by atoms with Crippen molar-refractivity contribution in [3.05, 3.63) is 48.0 Å². The number of anilines is 3. The van der Waals surface area contributed by atoms with Gasteiger partial charge in [0.05, 0.1) is 18.4 Å². The van der Waals surface area contributed by atoms with E-state index in [1.807, 2.05) is 43.3 Å². The molecule has 1 unspecified atom stereocenters. The molecule has 0 saturated carbocycles. The summed E-state index contributed by atoms with van der Waals surface area (Å²) in [4.78, 5) is 30.8. The van der Waals surface area contributed by atoms with Gasteiger partial charge in [0, 0.05) is 63.7 Å². The zero-order valence-electron chi connectivity index (χ0n) is 23.4. The van der Waals surface area contributed by atoms with Gasteiger partial charge in [-0.2, -0.15) is 0 Å². The van der Waals surface area contributed by atoms with Crippen molar-refractivity contribution in [3.63, 3.8) is 0 Å². The van der Waals surface area contributed by atoms with E-state index < -0.39 is 0 Å². The molecule has 0 bridgehead atoms. The van der Waals surface area contributed by atoms with Crippen LogP contribution in [-0.2, 0) is 9.53 Å². The molecule has 1 heterocycles. The third kappa shape index (κ3) is 7.87. The van der Waals surface area contributed by atoms with Gasteiger partial charge < -0.3 is 29.9 Å². The van der Waals surface area contributed by atoms with Crippen molar-refractivity contribution in [2.45, 2.75) is 46.0 Å². The second kappa shape index (κ2) is 15.2. The van der Waals surface area contributed by atoms with Crippen LogP contribution in [0.25, 0.3) is 0 Å². The van der Waals surface area contributed by atoms with Gasteiger partial charge in [-0.3, -0.25) is 9.59 Å². The number of ether oxygens (including phenoxy) is 2. The molecule has 0 aromatic heterocycles. The SMILES string of the molecule is CCCCC(CC)C(=O)Nc1ccc(N2CCN(c3ccccc3OC)CC2)c(C(=O)NCCCOC)c1. The van der Waals surface area contributed by atoms with Crippen LogP contribution in [0.5, 0.6) is 5.75 Å². The van der Waals surface area contributed by atoms with E-state index in [1.165, 1.54) is 0 Å². The number of carbonyl (C=O) groups excluding carboxylic acids is 2. The van der Waals surface area contributed by atoms with Gasteiger partial charge in [-0.05, 0) is 49.6 Å². The Labute approximate surface area is 227 Å². The van der Waals surface area contributed by atoms with Crippen LogP contribution in [0.4, 0.5) is 17.1 Å². The third-order valence-corrected chi connectivity index (χ3v) is 7.14. The van der Waals surface area contributed by atoms with Crippen molar-refractivity contribution in [2.24, 2.45) is 5.92 Å². The average Bonchev–Trinajstić information content (AvgIpc) is 2.95. The van der Waals surface area contributed by atoms with Crippen LogP contribution in [0.1, 0.15) is 56.3 Å². The lowest BCUT2D eigenvalue weighted by Crippen LogP contribution is -2.47. The third-order valence-electron chi connectivity index (χ3n) is 7.14. The standard InChI is InChI=1S/C30H44N4O4/c1-5-7-11-23(6-2)29(35)32-24-14-15-26(25(22-24)30(36)31-16-10-21-37-3)33-17-19-34(20-18-33)27-12-8-9-13-28(27)38-4/h8-9,12-15,22-23H,5-7,10-11,16-21H2,1-4H3,(H,31,36)(H,32,35). The summed E-state index contributed by atoms with van der Waals surface area (Å²) < 4.78 is 10.7. The maximum absolute atomic E-state index is 13.3. The van der Waals surface area contributed by atoms with Crippen molar-refractivity contribution in [2.75, 3.05) is 68.7 Å². The first-order valence-corrected chi connectivity index (χ1v) is 13.9. The summed E-state index contributed by atoms with van der Waals surface area (Å²) in [5, 5.41) is 6.09. The number of piperazine rings is 1. The van der Waals surface area contributed by atoms with Crippen LogP contribution >= 0.6 is 0 Å². The molecule has 3 rings (SSSR count). The molecule has 1 saturated heterocycles. The lowest BCUT2D eigenvalue weighted by atomic mass is 9.98. The molecular formula is C30H44N4O4. The second-order valence-corrected chi connectivity index (χ2v) is 9.72. The van der Waals surface area contributed by atoms with Crippen LogP contribution in [0.3, 0.4) is 0 Å². The molecule has 1 atom stereocenters. The molecule has 1 fully saturated rings. The smallest absolute Gasteiger partial charge is 0.253 e. The molecule has 2 aromatic carbocycles. The molecule has 0 aliphatic carbocycles. The fourth-order valence-electron chi connectivity index (χ4n) is 4.88. The zero-order chi connectivity index (χ0) is 27.3. The molecule has 2 aromatic rings. The van der Waals surface area contributed by atoms with Crippen molar-refractivity contribution < 1.29 is 19.1 Å². The Bertz CT molecular complexity index is 1040. The fraction of sp³-hybridized carbons (Fsp3) is 0.533. The van der Waals surface area contributed by atoms with Crippen molar-refractivity contribution in [1.82, 2.24) is 5.32 Å². The maximum Gasteiger partial charge on any atom is 0.253 e. The summed E-state index contributed by atoms with van der Waals surface area (Å²) in [6.07, 6.45) is 4.51. The molecule has 8 nitrogen and oxygen atoms in total.